The topological polar surface area (TPSA) is 88.3 Å². The van der Waals surface area contributed by atoms with E-state index in [2.05, 4.69) is 25.0 Å². The van der Waals surface area contributed by atoms with E-state index in [-0.39, 0.29) is 11.8 Å². The van der Waals surface area contributed by atoms with Gasteiger partial charge in [-0.05, 0) is 25.7 Å². The Morgan fingerprint density at radius 1 is 1.20 bits per heavy atom. The molecule has 0 aliphatic carbocycles. The average Bonchev–Trinajstić information content (AvgIpc) is 3.13. The molecule has 2 fully saturated rings. The maximum Gasteiger partial charge on any atom is 0.231 e. The molecule has 2 aromatic rings. The summed E-state index contributed by atoms with van der Waals surface area (Å²) in [6.07, 6.45) is 9.88. The molecule has 0 radical (unpaired) electrons. The number of aromatic nitrogens is 4. The van der Waals surface area contributed by atoms with Gasteiger partial charge in [0, 0.05) is 38.4 Å². The summed E-state index contributed by atoms with van der Waals surface area (Å²) in [6, 6.07) is 0. The SMILES string of the molecule is O=C1CCCCN1Cc1noc(C2CCCN(c3cnccn3)C2)n1. The van der Waals surface area contributed by atoms with E-state index in [1.807, 2.05) is 4.90 Å². The van der Waals surface area contributed by atoms with Gasteiger partial charge in [-0.3, -0.25) is 9.78 Å². The van der Waals surface area contributed by atoms with Gasteiger partial charge < -0.3 is 14.3 Å². The number of carbonyl (C=O) groups is 1. The molecule has 2 saturated heterocycles. The van der Waals surface area contributed by atoms with Crippen molar-refractivity contribution in [1.29, 1.82) is 0 Å². The van der Waals surface area contributed by atoms with Crippen molar-refractivity contribution in [2.45, 2.75) is 44.6 Å². The molecule has 0 bridgehead atoms. The maximum atomic E-state index is 11.9. The third-order valence-corrected chi connectivity index (χ3v) is 4.88. The number of hydrogen-bond donors (Lipinski definition) is 0. The van der Waals surface area contributed by atoms with E-state index < -0.39 is 0 Å². The Bertz CT molecular complexity index is 719. The molecule has 1 atom stereocenters. The van der Waals surface area contributed by atoms with E-state index in [0.29, 0.717) is 24.7 Å². The Morgan fingerprint density at radius 2 is 2.16 bits per heavy atom. The van der Waals surface area contributed by atoms with Crippen LogP contribution in [-0.4, -0.2) is 50.5 Å². The number of nitrogens with zero attached hydrogens (tertiary/aromatic N) is 6. The lowest BCUT2D eigenvalue weighted by molar-refractivity contribution is -0.134. The second kappa shape index (κ2) is 7.16. The summed E-state index contributed by atoms with van der Waals surface area (Å²) in [5.41, 5.74) is 0. The number of amides is 1. The molecule has 1 amide bonds. The zero-order chi connectivity index (χ0) is 17.1. The monoisotopic (exact) mass is 342 g/mol. The van der Waals surface area contributed by atoms with Crippen LogP contribution in [0.4, 0.5) is 5.82 Å². The average molecular weight is 342 g/mol. The molecule has 8 nitrogen and oxygen atoms in total. The quantitative estimate of drug-likeness (QED) is 0.836. The lowest BCUT2D eigenvalue weighted by atomic mass is 9.98. The largest absolute Gasteiger partial charge is 0.355 e. The summed E-state index contributed by atoms with van der Waals surface area (Å²) in [5, 5.41) is 4.09. The minimum absolute atomic E-state index is 0.184. The summed E-state index contributed by atoms with van der Waals surface area (Å²) in [7, 11) is 0. The number of likely N-dealkylation sites (tertiary alicyclic amines) is 1. The Balaban J connectivity index is 1.42. The van der Waals surface area contributed by atoms with Crippen molar-refractivity contribution in [3.63, 3.8) is 0 Å². The maximum absolute atomic E-state index is 11.9. The fraction of sp³-hybridized carbons (Fsp3) is 0.588. The second-order valence-electron chi connectivity index (χ2n) is 6.67. The molecule has 4 rings (SSSR count). The van der Waals surface area contributed by atoms with Crippen LogP contribution in [0.1, 0.15) is 49.7 Å². The molecule has 2 aromatic heterocycles. The van der Waals surface area contributed by atoms with Crippen LogP contribution in [0, 0.1) is 0 Å². The number of hydrogen-bond acceptors (Lipinski definition) is 7. The van der Waals surface area contributed by atoms with Crippen molar-refractivity contribution in [2.24, 2.45) is 0 Å². The fourth-order valence-corrected chi connectivity index (χ4v) is 3.54. The minimum atomic E-state index is 0.184. The number of carbonyl (C=O) groups excluding carboxylic acids is 1. The molecule has 0 aromatic carbocycles. The predicted molar refractivity (Wildman–Crippen MR) is 89.8 cm³/mol. The number of rotatable bonds is 4. The van der Waals surface area contributed by atoms with Crippen molar-refractivity contribution < 1.29 is 9.32 Å². The molecule has 0 N–H and O–H groups in total. The number of anilines is 1. The van der Waals surface area contributed by atoms with Gasteiger partial charge in [-0.2, -0.15) is 4.98 Å². The van der Waals surface area contributed by atoms with E-state index >= 15 is 0 Å². The summed E-state index contributed by atoms with van der Waals surface area (Å²) in [6.45, 7) is 2.98. The molecule has 25 heavy (non-hydrogen) atoms. The van der Waals surface area contributed by atoms with Crippen molar-refractivity contribution in [1.82, 2.24) is 25.0 Å². The summed E-state index contributed by atoms with van der Waals surface area (Å²) in [5.74, 6) is 2.51. The van der Waals surface area contributed by atoms with Crippen LogP contribution in [0.15, 0.2) is 23.1 Å². The first-order chi connectivity index (χ1) is 12.3. The summed E-state index contributed by atoms with van der Waals surface area (Å²) < 4.78 is 5.50. The number of piperidine rings is 2. The van der Waals surface area contributed by atoms with Crippen molar-refractivity contribution in [3.8, 4) is 0 Å². The molecule has 1 unspecified atom stereocenters. The van der Waals surface area contributed by atoms with Crippen LogP contribution in [0.3, 0.4) is 0 Å². The van der Waals surface area contributed by atoms with Crippen LogP contribution >= 0.6 is 0 Å². The second-order valence-corrected chi connectivity index (χ2v) is 6.67. The first kappa shape index (κ1) is 16.0. The Hall–Kier alpha value is -2.51. The van der Waals surface area contributed by atoms with Crippen LogP contribution in [0.25, 0.3) is 0 Å². The molecule has 0 spiro atoms. The zero-order valence-electron chi connectivity index (χ0n) is 14.2. The highest BCUT2D eigenvalue weighted by atomic mass is 16.5. The van der Waals surface area contributed by atoms with E-state index in [0.717, 1.165) is 51.1 Å². The van der Waals surface area contributed by atoms with Crippen LogP contribution in [0.2, 0.25) is 0 Å². The molecule has 2 aliphatic heterocycles. The van der Waals surface area contributed by atoms with Crippen LogP contribution < -0.4 is 4.90 Å². The van der Waals surface area contributed by atoms with E-state index in [9.17, 15) is 4.79 Å². The molecule has 0 saturated carbocycles. The molecular formula is C17H22N6O2. The molecule has 2 aliphatic rings. The lowest BCUT2D eigenvalue weighted by Crippen LogP contribution is -2.35. The standard InChI is InChI=1S/C17H22N6O2/c24-16-5-1-2-8-23(16)12-14-20-17(25-21-14)13-4-3-9-22(11-13)15-10-18-6-7-19-15/h6-7,10,13H,1-5,8-9,11-12H2. The predicted octanol–water partition coefficient (Wildman–Crippen LogP) is 1.76. The van der Waals surface area contributed by atoms with E-state index in [4.69, 9.17) is 4.52 Å². The Labute approximate surface area is 146 Å². The van der Waals surface area contributed by atoms with Crippen LogP contribution in [-0.2, 0) is 11.3 Å². The molecule has 132 valence electrons. The fourth-order valence-electron chi connectivity index (χ4n) is 3.54. The molecule has 4 heterocycles. The lowest BCUT2D eigenvalue weighted by Gasteiger charge is -2.31. The first-order valence-electron chi connectivity index (χ1n) is 8.91. The minimum Gasteiger partial charge on any atom is -0.355 e. The smallest absolute Gasteiger partial charge is 0.231 e. The van der Waals surface area contributed by atoms with Gasteiger partial charge in [0.1, 0.15) is 5.82 Å². The summed E-state index contributed by atoms with van der Waals surface area (Å²) in [4.78, 5) is 29.0. The van der Waals surface area contributed by atoms with Crippen molar-refractivity contribution in [3.05, 3.63) is 30.3 Å². The van der Waals surface area contributed by atoms with Gasteiger partial charge in [-0.25, -0.2) is 4.98 Å². The van der Waals surface area contributed by atoms with Crippen LogP contribution in [0.5, 0.6) is 0 Å². The van der Waals surface area contributed by atoms with Crippen molar-refractivity contribution in [2.75, 3.05) is 24.5 Å². The van der Waals surface area contributed by atoms with Gasteiger partial charge in [0.15, 0.2) is 5.82 Å². The van der Waals surface area contributed by atoms with Gasteiger partial charge in [0.25, 0.3) is 0 Å². The zero-order valence-corrected chi connectivity index (χ0v) is 14.2. The van der Waals surface area contributed by atoms with Gasteiger partial charge >= 0.3 is 0 Å². The third kappa shape index (κ3) is 3.62. The molecule has 8 heteroatoms. The van der Waals surface area contributed by atoms with E-state index in [1.165, 1.54) is 0 Å². The normalized spacial score (nSPS) is 21.6. The summed E-state index contributed by atoms with van der Waals surface area (Å²) >= 11 is 0. The third-order valence-electron chi connectivity index (χ3n) is 4.88. The van der Waals surface area contributed by atoms with Crippen molar-refractivity contribution >= 4 is 11.7 Å². The highest BCUT2D eigenvalue weighted by molar-refractivity contribution is 5.76. The molecular weight excluding hydrogens is 320 g/mol. The van der Waals surface area contributed by atoms with Gasteiger partial charge in [-0.1, -0.05) is 5.16 Å². The van der Waals surface area contributed by atoms with E-state index in [1.54, 1.807) is 18.6 Å². The van der Waals surface area contributed by atoms with Gasteiger partial charge in [0.05, 0.1) is 18.7 Å². The van der Waals surface area contributed by atoms with Gasteiger partial charge in [-0.15, -0.1) is 0 Å². The highest BCUT2D eigenvalue weighted by Gasteiger charge is 2.27. The Morgan fingerprint density at radius 3 is 3.00 bits per heavy atom. The first-order valence-corrected chi connectivity index (χ1v) is 8.91. The Kier molecular flexibility index (Phi) is 4.58. The van der Waals surface area contributed by atoms with Gasteiger partial charge in [0.2, 0.25) is 11.8 Å². The highest BCUT2D eigenvalue weighted by Crippen LogP contribution is 2.28.